The molecule has 35 heavy (non-hydrogen) atoms. The van der Waals surface area contributed by atoms with Crippen molar-refractivity contribution >= 4 is 11.8 Å². The van der Waals surface area contributed by atoms with Gasteiger partial charge in [-0.2, -0.15) is 0 Å². The van der Waals surface area contributed by atoms with Crippen LogP contribution in [-0.4, -0.2) is 55.5 Å². The Morgan fingerprint density at radius 2 is 2.06 bits per heavy atom. The van der Waals surface area contributed by atoms with E-state index < -0.39 is 35.6 Å². The Balaban J connectivity index is 1.67. The average Bonchev–Trinajstić information content (AvgIpc) is 3.11. The minimum absolute atomic E-state index is 0.0843. The maximum absolute atomic E-state index is 13.8. The van der Waals surface area contributed by atoms with Crippen LogP contribution >= 0.6 is 0 Å². The number of benzene rings is 1. The Morgan fingerprint density at radius 1 is 1.23 bits per heavy atom. The number of nitrogens with zero attached hydrogens (tertiary/aromatic N) is 4. The molecule has 4 atom stereocenters. The molecule has 2 aliphatic heterocycles. The van der Waals surface area contributed by atoms with Crippen LogP contribution in [0.25, 0.3) is 11.1 Å². The summed E-state index contributed by atoms with van der Waals surface area (Å²) in [6.45, 7) is 1.92. The summed E-state index contributed by atoms with van der Waals surface area (Å²) in [4.78, 5) is 49.9. The molecule has 2 aliphatic rings. The van der Waals surface area contributed by atoms with E-state index in [2.05, 4.69) is 15.3 Å². The van der Waals surface area contributed by atoms with Gasteiger partial charge in [0.05, 0.1) is 24.2 Å². The number of aliphatic hydroxyl groups is 1. The van der Waals surface area contributed by atoms with E-state index in [-0.39, 0.29) is 30.3 Å². The zero-order valence-electron chi connectivity index (χ0n) is 19.0. The molecule has 0 spiro atoms. The van der Waals surface area contributed by atoms with Crippen molar-refractivity contribution in [1.82, 2.24) is 24.8 Å². The molecule has 2 aromatic heterocycles. The standard InChI is InChI=1S/C25H24FN5O4/c1-2-28-23(33)21-17(13-32)20-12-30-19(22(21)31(20)25(35)18-11-27-8-9-29-18)7-6-16(24(30)34)14-4-3-5-15(26)10-14/h3-11,17,20-22,32H,2,12-13H2,1H3,(H,28,33)/t17-,20-,21+,22+/m1/s1. The molecule has 2 bridgehead atoms. The Bertz CT molecular complexity index is 1350. The smallest absolute Gasteiger partial charge is 0.274 e. The van der Waals surface area contributed by atoms with Crippen LogP contribution in [0.2, 0.25) is 0 Å². The van der Waals surface area contributed by atoms with Gasteiger partial charge in [0, 0.05) is 49.3 Å². The number of hydrogen-bond donors (Lipinski definition) is 2. The van der Waals surface area contributed by atoms with Crippen LogP contribution < -0.4 is 10.9 Å². The van der Waals surface area contributed by atoms with Crippen molar-refractivity contribution in [2.24, 2.45) is 11.8 Å². The first-order valence-electron chi connectivity index (χ1n) is 11.4. The van der Waals surface area contributed by atoms with Gasteiger partial charge in [-0.25, -0.2) is 9.37 Å². The predicted octanol–water partition coefficient (Wildman–Crippen LogP) is 1.38. The van der Waals surface area contributed by atoms with Crippen molar-refractivity contribution in [3.05, 3.63) is 82.5 Å². The van der Waals surface area contributed by atoms with Crippen molar-refractivity contribution in [1.29, 1.82) is 0 Å². The van der Waals surface area contributed by atoms with Gasteiger partial charge >= 0.3 is 0 Å². The summed E-state index contributed by atoms with van der Waals surface area (Å²) in [5, 5.41) is 13.1. The molecule has 5 rings (SSSR count). The van der Waals surface area contributed by atoms with Gasteiger partial charge in [0.25, 0.3) is 11.5 Å². The van der Waals surface area contributed by atoms with Gasteiger partial charge in [-0.15, -0.1) is 0 Å². The van der Waals surface area contributed by atoms with E-state index in [1.54, 1.807) is 30.0 Å². The summed E-state index contributed by atoms with van der Waals surface area (Å²) in [7, 11) is 0. The van der Waals surface area contributed by atoms with E-state index in [4.69, 9.17) is 0 Å². The van der Waals surface area contributed by atoms with Gasteiger partial charge in [0.2, 0.25) is 5.91 Å². The first-order chi connectivity index (χ1) is 17.0. The maximum atomic E-state index is 13.8. The molecule has 0 radical (unpaired) electrons. The molecule has 180 valence electrons. The number of fused-ring (bicyclic) bond motifs is 4. The van der Waals surface area contributed by atoms with Gasteiger partial charge in [-0.05, 0) is 36.8 Å². The molecule has 0 unspecified atom stereocenters. The van der Waals surface area contributed by atoms with E-state index in [0.29, 0.717) is 23.4 Å². The molecular formula is C25H24FN5O4. The molecule has 1 fully saturated rings. The molecule has 0 saturated carbocycles. The first-order valence-corrected chi connectivity index (χ1v) is 11.4. The lowest BCUT2D eigenvalue weighted by atomic mass is 9.86. The van der Waals surface area contributed by atoms with Crippen LogP contribution in [0.15, 0.2) is 59.8 Å². The number of halogens is 1. The lowest BCUT2D eigenvalue weighted by Crippen LogP contribution is -2.49. The van der Waals surface area contributed by atoms with Crippen LogP contribution in [0.5, 0.6) is 0 Å². The fraction of sp³-hybridized carbons (Fsp3) is 0.320. The van der Waals surface area contributed by atoms with Crippen LogP contribution in [0, 0.1) is 17.7 Å². The molecule has 1 aromatic carbocycles. The Labute approximate surface area is 200 Å². The number of carbonyl (C=O) groups excluding carboxylic acids is 2. The normalized spacial score (nSPS) is 22.5. The topological polar surface area (TPSA) is 117 Å². The highest BCUT2D eigenvalue weighted by Crippen LogP contribution is 2.49. The summed E-state index contributed by atoms with van der Waals surface area (Å²) in [6.07, 6.45) is 4.22. The zero-order valence-corrected chi connectivity index (χ0v) is 19.0. The number of hydrogen-bond acceptors (Lipinski definition) is 6. The highest BCUT2D eigenvalue weighted by molar-refractivity contribution is 5.94. The van der Waals surface area contributed by atoms with Crippen molar-refractivity contribution in [3.8, 4) is 11.1 Å². The summed E-state index contributed by atoms with van der Waals surface area (Å²) >= 11 is 0. The molecular weight excluding hydrogens is 453 g/mol. The van der Waals surface area contributed by atoms with Crippen molar-refractivity contribution in [2.45, 2.75) is 25.6 Å². The summed E-state index contributed by atoms with van der Waals surface area (Å²) < 4.78 is 15.4. The Hall–Kier alpha value is -3.92. The van der Waals surface area contributed by atoms with E-state index in [9.17, 15) is 23.9 Å². The molecule has 3 aromatic rings. The minimum Gasteiger partial charge on any atom is -0.396 e. The molecule has 0 aliphatic carbocycles. The van der Waals surface area contributed by atoms with Gasteiger partial charge in [-0.3, -0.25) is 19.4 Å². The average molecular weight is 477 g/mol. The fourth-order valence-electron chi connectivity index (χ4n) is 5.39. The Kier molecular flexibility index (Phi) is 5.89. The quantitative estimate of drug-likeness (QED) is 0.574. The van der Waals surface area contributed by atoms with Gasteiger partial charge in [-0.1, -0.05) is 12.1 Å². The second-order valence-electron chi connectivity index (χ2n) is 8.68. The van der Waals surface area contributed by atoms with Crippen molar-refractivity contribution in [3.63, 3.8) is 0 Å². The zero-order chi connectivity index (χ0) is 24.7. The molecule has 2 amide bonds. The molecule has 4 heterocycles. The number of aromatic nitrogens is 3. The lowest BCUT2D eigenvalue weighted by Gasteiger charge is -2.38. The van der Waals surface area contributed by atoms with E-state index in [0.717, 1.165) is 0 Å². The second kappa shape index (κ2) is 9.03. The van der Waals surface area contributed by atoms with Gasteiger partial charge < -0.3 is 19.9 Å². The number of carbonyl (C=O) groups is 2. The number of aliphatic hydroxyl groups excluding tert-OH is 1. The minimum atomic E-state index is -0.791. The summed E-state index contributed by atoms with van der Waals surface area (Å²) in [6, 6.07) is 7.66. The predicted molar refractivity (Wildman–Crippen MR) is 124 cm³/mol. The highest BCUT2D eigenvalue weighted by atomic mass is 19.1. The third-order valence-electron chi connectivity index (χ3n) is 6.85. The van der Waals surface area contributed by atoms with Crippen LogP contribution in [0.1, 0.15) is 29.1 Å². The molecule has 9 nitrogen and oxygen atoms in total. The fourth-order valence-corrected chi connectivity index (χ4v) is 5.39. The Morgan fingerprint density at radius 3 is 2.74 bits per heavy atom. The third kappa shape index (κ3) is 3.70. The van der Waals surface area contributed by atoms with E-state index in [1.807, 2.05) is 0 Å². The van der Waals surface area contributed by atoms with Crippen molar-refractivity contribution < 1.29 is 19.1 Å². The second-order valence-corrected chi connectivity index (χ2v) is 8.68. The van der Waals surface area contributed by atoms with Gasteiger partial charge in [0.1, 0.15) is 11.5 Å². The number of amides is 2. The summed E-state index contributed by atoms with van der Waals surface area (Å²) in [5.41, 5.74) is 1.01. The third-order valence-corrected chi connectivity index (χ3v) is 6.85. The SMILES string of the molecule is CCNC(=O)[C@H]1[C@H](CO)[C@H]2Cn3c(ccc(-c4cccc(F)c4)c3=O)[C@@H]1N2C(=O)c1cnccn1. The van der Waals surface area contributed by atoms with Crippen molar-refractivity contribution in [2.75, 3.05) is 13.2 Å². The molecule has 10 heteroatoms. The summed E-state index contributed by atoms with van der Waals surface area (Å²) in [5.74, 6) is -2.54. The van der Waals surface area contributed by atoms with Crippen LogP contribution in [-0.2, 0) is 11.3 Å². The monoisotopic (exact) mass is 477 g/mol. The van der Waals surface area contributed by atoms with E-state index >= 15 is 0 Å². The van der Waals surface area contributed by atoms with E-state index in [1.165, 1.54) is 41.4 Å². The number of nitrogens with one attached hydrogen (secondary N) is 1. The maximum Gasteiger partial charge on any atom is 0.274 e. The highest BCUT2D eigenvalue weighted by Gasteiger charge is 2.57. The van der Waals surface area contributed by atoms with Gasteiger partial charge in [0.15, 0.2) is 0 Å². The molecule has 1 saturated heterocycles. The lowest BCUT2D eigenvalue weighted by molar-refractivity contribution is -0.127. The first kappa shape index (κ1) is 22.9. The van der Waals surface area contributed by atoms with Crippen LogP contribution in [0.3, 0.4) is 0 Å². The number of rotatable bonds is 5. The van der Waals surface area contributed by atoms with Crippen LogP contribution in [0.4, 0.5) is 4.39 Å². The number of pyridine rings is 1. The largest absolute Gasteiger partial charge is 0.396 e. The molecule has 2 N–H and O–H groups in total.